The van der Waals surface area contributed by atoms with Crippen LogP contribution in [0.1, 0.15) is 11.1 Å². The van der Waals surface area contributed by atoms with Gasteiger partial charge >= 0.3 is 0 Å². The normalized spacial score (nSPS) is 10.3. The van der Waals surface area contributed by atoms with Crippen molar-refractivity contribution >= 4 is 44.8 Å². The van der Waals surface area contributed by atoms with Crippen molar-refractivity contribution in [2.75, 3.05) is 17.2 Å². The Labute approximate surface area is 137 Å². The molecular weight excluding hydrogens is 352 g/mol. The van der Waals surface area contributed by atoms with Crippen LogP contribution in [-0.4, -0.2) is 12.5 Å². The number of anilines is 2. The summed E-state index contributed by atoms with van der Waals surface area (Å²) in [5, 5.41) is 6.53. The number of aryl methyl sites for hydroxylation is 2. The number of carbonyl (C=O) groups is 1. The summed E-state index contributed by atoms with van der Waals surface area (Å²) < 4.78 is 1.01. The SMILES string of the molecule is Cc1ccc(NC(=O)CNc2ccc(C)c(Br)c2)cc1Cl. The molecule has 0 saturated heterocycles. The zero-order valence-electron chi connectivity index (χ0n) is 11.8. The first-order valence-electron chi connectivity index (χ1n) is 6.52. The lowest BCUT2D eigenvalue weighted by Crippen LogP contribution is -2.21. The number of hydrogen-bond donors (Lipinski definition) is 2. The van der Waals surface area contributed by atoms with E-state index in [1.807, 2.05) is 44.2 Å². The van der Waals surface area contributed by atoms with E-state index in [9.17, 15) is 4.79 Å². The molecule has 5 heteroatoms. The van der Waals surface area contributed by atoms with Crippen molar-refractivity contribution in [3.63, 3.8) is 0 Å². The first kappa shape index (κ1) is 15.9. The molecular formula is C16H16BrClN2O. The number of rotatable bonds is 4. The van der Waals surface area contributed by atoms with Crippen molar-refractivity contribution in [2.45, 2.75) is 13.8 Å². The monoisotopic (exact) mass is 366 g/mol. The van der Waals surface area contributed by atoms with Crippen molar-refractivity contribution in [3.8, 4) is 0 Å². The second-order valence-electron chi connectivity index (χ2n) is 4.83. The molecule has 2 aromatic rings. The van der Waals surface area contributed by atoms with Crippen LogP contribution in [0.15, 0.2) is 40.9 Å². The van der Waals surface area contributed by atoms with E-state index in [0.717, 1.165) is 21.3 Å². The third kappa shape index (κ3) is 4.48. The van der Waals surface area contributed by atoms with Crippen LogP contribution in [0.4, 0.5) is 11.4 Å². The lowest BCUT2D eigenvalue weighted by atomic mass is 10.2. The summed E-state index contributed by atoms with van der Waals surface area (Å²) in [5.74, 6) is -0.119. The first-order chi connectivity index (χ1) is 9.95. The van der Waals surface area contributed by atoms with Crippen molar-refractivity contribution in [1.82, 2.24) is 0 Å². The molecule has 0 saturated carbocycles. The van der Waals surface area contributed by atoms with E-state index in [1.54, 1.807) is 6.07 Å². The highest BCUT2D eigenvalue weighted by atomic mass is 79.9. The fourth-order valence-corrected chi connectivity index (χ4v) is 2.32. The summed E-state index contributed by atoms with van der Waals surface area (Å²) in [6, 6.07) is 11.3. The molecule has 21 heavy (non-hydrogen) atoms. The molecule has 0 aromatic heterocycles. The van der Waals surface area contributed by atoms with Crippen molar-refractivity contribution in [2.24, 2.45) is 0 Å². The molecule has 2 rings (SSSR count). The van der Waals surface area contributed by atoms with Gasteiger partial charge in [0.15, 0.2) is 0 Å². The molecule has 0 aliphatic rings. The Kier molecular flexibility index (Phi) is 5.26. The zero-order valence-corrected chi connectivity index (χ0v) is 14.2. The number of halogens is 2. The molecule has 0 radical (unpaired) electrons. The summed E-state index contributed by atoms with van der Waals surface area (Å²) in [7, 11) is 0. The van der Waals surface area contributed by atoms with Crippen molar-refractivity contribution in [1.29, 1.82) is 0 Å². The predicted molar refractivity (Wildman–Crippen MR) is 92.2 cm³/mol. The summed E-state index contributed by atoms with van der Waals surface area (Å²) >= 11 is 9.50. The molecule has 1 amide bonds. The van der Waals surface area contributed by atoms with Gasteiger partial charge in [-0.3, -0.25) is 4.79 Å². The van der Waals surface area contributed by atoms with Gasteiger partial charge in [-0.25, -0.2) is 0 Å². The Bertz CT molecular complexity index is 673. The third-order valence-electron chi connectivity index (χ3n) is 3.08. The van der Waals surface area contributed by atoms with E-state index in [-0.39, 0.29) is 12.5 Å². The molecule has 0 aliphatic heterocycles. The highest BCUT2D eigenvalue weighted by Gasteiger charge is 2.04. The molecule has 3 nitrogen and oxygen atoms in total. The standard InChI is InChI=1S/C16H16BrClN2O/c1-10-3-5-12(7-14(10)17)19-9-16(21)20-13-6-4-11(2)15(18)8-13/h3-8,19H,9H2,1-2H3,(H,20,21). The van der Waals surface area contributed by atoms with E-state index >= 15 is 0 Å². The van der Waals surface area contributed by atoms with E-state index in [4.69, 9.17) is 11.6 Å². The van der Waals surface area contributed by atoms with Crippen LogP contribution in [0.3, 0.4) is 0 Å². The van der Waals surface area contributed by atoms with Gasteiger partial charge in [0.05, 0.1) is 6.54 Å². The largest absolute Gasteiger partial charge is 0.376 e. The van der Waals surface area contributed by atoms with Gasteiger partial charge in [0.1, 0.15) is 0 Å². The van der Waals surface area contributed by atoms with Gasteiger partial charge in [0, 0.05) is 20.9 Å². The third-order valence-corrected chi connectivity index (χ3v) is 4.34. The minimum Gasteiger partial charge on any atom is -0.376 e. The summed E-state index contributed by atoms with van der Waals surface area (Å²) in [6.45, 7) is 4.13. The molecule has 0 bridgehead atoms. The Morgan fingerprint density at radius 2 is 1.76 bits per heavy atom. The van der Waals surface area contributed by atoms with Crippen LogP contribution in [0.25, 0.3) is 0 Å². The molecule has 0 heterocycles. The van der Waals surface area contributed by atoms with E-state index in [0.29, 0.717) is 10.7 Å². The Balaban J connectivity index is 1.92. The lowest BCUT2D eigenvalue weighted by Gasteiger charge is -2.09. The van der Waals surface area contributed by atoms with Gasteiger partial charge in [-0.05, 0) is 49.2 Å². The van der Waals surface area contributed by atoms with Gasteiger partial charge in [-0.15, -0.1) is 0 Å². The highest BCUT2D eigenvalue weighted by Crippen LogP contribution is 2.21. The van der Waals surface area contributed by atoms with E-state index < -0.39 is 0 Å². The summed E-state index contributed by atoms with van der Waals surface area (Å²) in [5.41, 5.74) is 3.73. The second kappa shape index (κ2) is 6.96. The molecule has 2 N–H and O–H groups in total. The fraction of sp³-hybridized carbons (Fsp3) is 0.188. The number of hydrogen-bond acceptors (Lipinski definition) is 2. The van der Waals surface area contributed by atoms with Crippen LogP contribution >= 0.6 is 27.5 Å². The maximum Gasteiger partial charge on any atom is 0.243 e. The smallest absolute Gasteiger partial charge is 0.243 e. The molecule has 0 unspecified atom stereocenters. The second-order valence-corrected chi connectivity index (χ2v) is 6.09. The topological polar surface area (TPSA) is 41.1 Å². The summed E-state index contributed by atoms with van der Waals surface area (Å²) in [6.07, 6.45) is 0. The van der Waals surface area contributed by atoms with Crippen LogP contribution in [0.5, 0.6) is 0 Å². The quantitative estimate of drug-likeness (QED) is 0.817. The number of amides is 1. The molecule has 0 fully saturated rings. The molecule has 0 atom stereocenters. The van der Waals surface area contributed by atoms with Crippen LogP contribution in [0, 0.1) is 13.8 Å². The average molecular weight is 368 g/mol. The zero-order chi connectivity index (χ0) is 15.4. The minimum absolute atomic E-state index is 0.119. The Morgan fingerprint density at radius 1 is 1.10 bits per heavy atom. The number of nitrogens with one attached hydrogen (secondary N) is 2. The van der Waals surface area contributed by atoms with Crippen LogP contribution < -0.4 is 10.6 Å². The fourth-order valence-electron chi connectivity index (χ4n) is 1.76. The lowest BCUT2D eigenvalue weighted by molar-refractivity contribution is -0.114. The average Bonchev–Trinajstić information content (AvgIpc) is 2.44. The number of carbonyl (C=O) groups excluding carboxylic acids is 1. The Morgan fingerprint density at radius 3 is 2.43 bits per heavy atom. The minimum atomic E-state index is -0.119. The molecule has 110 valence electrons. The number of benzene rings is 2. The van der Waals surface area contributed by atoms with Gasteiger partial charge in [0.25, 0.3) is 0 Å². The Hall–Kier alpha value is -1.52. The molecule has 0 aliphatic carbocycles. The van der Waals surface area contributed by atoms with Crippen LogP contribution in [-0.2, 0) is 4.79 Å². The molecule has 2 aromatic carbocycles. The van der Waals surface area contributed by atoms with E-state index in [2.05, 4.69) is 26.6 Å². The van der Waals surface area contributed by atoms with Gasteiger partial charge in [0.2, 0.25) is 5.91 Å². The first-order valence-corrected chi connectivity index (χ1v) is 7.69. The van der Waals surface area contributed by atoms with Crippen molar-refractivity contribution in [3.05, 3.63) is 57.0 Å². The van der Waals surface area contributed by atoms with Crippen molar-refractivity contribution < 1.29 is 4.79 Å². The highest BCUT2D eigenvalue weighted by molar-refractivity contribution is 9.10. The maximum absolute atomic E-state index is 11.9. The van der Waals surface area contributed by atoms with Gasteiger partial charge < -0.3 is 10.6 Å². The maximum atomic E-state index is 11.9. The van der Waals surface area contributed by atoms with E-state index in [1.165, 1.54) is 0 Å². The van der Waals surface area contributed by atoms with Gasteiger partial charge in [-0.1, -0.05) is 39.7 Å². The van der Waals surface area contributed by atoms with Crippen LogP contribution in [0.2, 0.25) is 5.02 Å². The van der Waals surface area contributed by atoms with Gasteiger partial charge in [-0.2, -0.15) is 0 Å². The molecule has 0 spiro atoms. The predicted octanol–water partition coefficient (Wildman–Crippen LogP) is 4.77. The summed E-state index contributed by atoms with van der Waals surface area (Å²) in [4.78, 5) is 11.9.